The summed E-state index contributed by atoms with van der Waals surface area (Å²) in [6.07, 6.45) is 4.03. The maximum atomic E-state index is 13.9. The van der Waals surface area contributed by atoms with Gasteiger partial charge in [0.05, 0.1) is 0 Å². The van der Waals surface area contributed by atoms with Crippen molar-refractivity contribution in [2.75, 3.05) is 24.6 Å². The molecule has 23 heavy (non-hydrogen) atoms. The van der Waals surface area contributed by atoms with E-state index in [4.69, 9.17) is 11.6 Å². The number of anilines is 1. The molecule has 1 fully saturated rings. The van der Waals surface area contributed by atoms with Crippen LogP contribution in [0.2, 0.25) is 5.02 Å². The molecule has 2 heterocycles. The molecule has 2 aromatic rings. The minimum absolute atomic E-state index is 0.133. The first-order valence-electron chi connectivity index (χ1n) is 7.83. The van der Waals surface area contributed by atoms with Gasteiger partial charge in [0.2, 0.25) is 0 Å². The van der Waals surface area contributed by atoms with Gasteiger partial charge in [0.15, 0.2) is 11.6 Å². The number of hydrogen-bond donors (Lipinski definition) is 1. The highest BCUT2D eigenvalue weighted by molar-refractivity contribution is 6.30. The van der Waals surface area contributed by atoms with E-state index in [0.717, 1.165) is 19.3 Å². The van der Waals surface area contributed by atoms with Crippen molar-refractivity contribution in [3.05, 3.63) is 59.0 Å². The number of piperidine rings is 1. The Balaban J connectivity index is 1.70. The Labute approximate surface area is 140 Å². The van der Waals surface area contributed by atoms with Gasteiger partial charge in [-0.25, -0.2) is 9.37 Å². The van der Waals surface area contributed by atoms with Crippen LogP contribution in [-0.4, -0.2) is 29.8 Å². The van der Waals surface area contributed by atoms with Gasteiger partial charge in [0, 0.05) is 36.3 Å². The van der Waals surface area contributed by atoms with Gasteiger partial charge < -0.3 is 10.0 Å². The van der Waals surface area contributed by atoms with Gasteiger partial charge >= 0.3 is 0 Å². The van der Waals surface area contributed by atoms with Crippen molar-refractivity contribution < 1.29 is 9.50 Å². The zero-order chi connectivity index (χ0) is 16.3. The molecular weight excluding hydrogens is 315 g/mol. The van der Waals surface area contributed by atoms with E-state index < -0.39 is 0 Å². The van der Waals surface area contributed by atoms with E-state index in [9.17, 15) is 9.50 Å². The number of benzene rings is 1. The van der Waals surface area contributed by atoms with E-state index in [1.165, 1.54) is 11.6 Å². The van der Waals surface area contributed by atoms with Crippen LogP contribution >= 0.6 is 11.6 Å². The number of hydrogen-bond acceptors (Lipinski definition) is 3. The second-order valence-corrected chi connectivity index (χ2v) is 6.69. The third-order valence-corrected chi connectivity index (χ3v) is 4.94. The van der Waals surface area contributed by atoms with Crippen molar-refractivity contribution in [2.45, 2.75) is 19.3 Å². The van der Waals surface area contributed by atoms with Crippen LogP contribution < -0.4 is 4.90 Å². The van der Waals surface area contributed by atoms with Gasteiger partial charge in [0.25, 0.3) is 0 Å². The highest BCUT2D eigenvalue weighted by Gasteiger charge is 2.35. The van der Waals surface area contributed by atoms with Crippen molar-refractivity contribution in [2.24, 2.45) is 5.41 Å². The van der Waals surface area contributed by atoms with Crippen LogP contribution in [0, 0.1) is 11.2 Å². The van der Waals surface area contributed by atoms with Gasteiger partial charge in [-0.05, 0) is 49.1 Å². The molecule has 0 aliphatic carbocycles. The Morgan fingerprint density at radius 3 is 2.48 bits per heavy atom. The van der Waals surface area contributed by atoms with Crippen LogP contribution in [0.3, 0.4) is 0 Å². The van der Waals surface area contributed by atoms with Crippen LogP contribution in [0.1, 0.15) is 18.4 Å². The van der Waals surface area contributed by atoms with Crippen molar-refractivity contribution in [1.82, 2.24) is 4.98 Å². The Bertz CT molecular complexity index is 654. The molecule has 3 nitrogen and oxygen atoms in total. The maximum absolute atomic E-state index is 13.9. The zero-order valence-corrected chi connectivity index (χ0v) is 13.6. The molecule has 1 aromatic heterocycles. The predicted molar refractivity (Wildman–Crippen MR) is 90.3 cm³/mol. The first kappa shape index (κ1) is 16.2. The lowest BCUT2D eigenvalue weighted by Gasteiger charge is -2.41. The summed E-state index contributed by atoms with van der Waals surface area (Å²) in [5.41, 5.74) is 1.01. The molecule has 1 N–H and O–H groups in total. The molecule has 0 atom stereocenters. The molecule has 0 radical (unpaired) electrons. The lowest BCUT2D eigenvalue weighted by Crippen LogP contribution is -2.43. The maximum Gasteiger partial charge on any atom is 0.165 e. The number of aliphatic hydroxyl groups is 1. The van der Waals surface area contributed by atoms with Crippen LogP contribution in [0.4, 0.5) is 10.2 Å². The molecule has 1 aromatic carbocycles. The topological polar surface area (TPSA) is 36.4 Å². The molecule has 1 aliphatic heterocycles. The Hall–Kier alpha value is -1.65. The number of nitrogens with zero attached hydrogens (tertiary/aromatic N) is 2. The smallest absolute Gasteiger partial charge is 0.165 e. The van der Waals surface area contributed by atoms with E-state index in [2.05, 4.69) is 4.98 Å². The molecule has 3 rings (SSSR count). The Morgan fingerprint density at radius 1 is 1.17 bits per heavy atom. The molecule has 0 bridgehead atoms. The summed E-state index contributed by atoms with van der Waals surface area (Å²) in [7, 11) is 0. The van der Waals surface area contributed by atoms with E-state index in [1.807, 2.05) is 29.2 Å². The van der Waals surface area contributed by atoms with Crippen LogP contribution in [0.5, 0.6) is 0 Å². The van der Waals surface area contributed by atoms with Crippen molar-refractivity contribution in [3.63, 3.8) is 0 Å². The molecule has 1 saturated heterocycles. The first-order valence-corrected chi connectivity index (χ1v) is 8.20. The van der Waals surface area contributed by atoms with E-state index in [0.29, 0.717) is 23.9 Å². The predicted octanol–water partition coefficient (Wildman–Crippen LogP) is 3.70. The number of aromatic nitrogens is 1. The van der Waals surface area contributed by atoms with Gasteiger partial charge in [-0.1, -0.05) is 23.7 Å². The number of aliphatic hydroxyl groups excluding tert-OH is 1. The second kappa shape index (κ2) is 6.85. The van der Waals surface area contributed by atoms with Gasteiger partial charge in [-0.3, -0.25) is 0 Å². The standard InChI is InChI=1S/C18H20ClFN2O/c19-15-5-3-14(4-6-15)12-18(13-23)7-10-22(11-8-18)17-16(20)2-1-9-21-17/h1-6,9,23H,7-8,10-13H2. The first-order chi connectivity index (χ1) is 11.1. The summed E-state index contributed by atoms with van der Waals surface area (Å²) in [5.74, 6) is 0.118. The SMILES string of the molecule is OCC1(Cc2ccc(Cl)cc2)CCN(c2ncccc2F)CC1. The van der Waals surface area contributed by atoms with E-state index >= 15 is 0 Å². The van der Waals surface area contributed by atoms with Gasteiger partial charge in [-0.15, -0.1) is 0 Å². The molecule has 0 spiro atoms. The zero-order valence-electron chi connectivity index (χ0n) is 12.9. The van der Waals surface area contributed by atoms with Crippen LogP contribution in [-0.2, 0) is 6.42 Å². The van der Waals surface area contributed by atoms with Crippen molar-refractivity contribution >= 4 is 17.4 Å². The third kappa shape index (κ3) is 3.65. The van der Waals surface area contributed by atoms with Gasteiger partial charge in [0.1, 0.15) is 0 Å². The Morgan fingerprint density at radius 2 is 1.87 bits per heavy atom. The minimum atomic E-state index is -0.290. The lowest BCUT2D eigenvalue weighted by molar-refractivity contribution is 0.0959. The molecule has 0 amide bonds. The fourth-order valence-electron chi connectivity index (χ4n) is 3.23. The third-order valence-electron chi connectivity index (χ3n) is 4.69. The molecule has 0 unspecified atom stereocenters. The number of halogens is 2. The normalized spacial score (nSPS) is 17.3. The number of pyridine rings is 1. The monoisotopic (exact) mass is 334 g/mol. The number of rotatable bonds is 4. The highest BCUT2D eigenvalue weighted by atomic mass is 35.5. The molecule has 122 valence electrons. The van der Waals surface area contributed by atoms with Crippen LogP contribution in [0.15, 0.2) is 42.6 Å². The summed E-state index contributed by atoms with van der Waals surface area (Å²) >= 11 is 5.93. The fraction of sp³-hybridized carbons (Fsp3) is 0.389. The largest absolute Gasteiger partial charge is 0.396 e. The van der Waals surface area contributed by atoms with E-state index in [-0.39, 0.29) is 17.8 Å². The fourth-order valence-corrected chi connectivity index (χ4v) is 3.35. The minimum Gasteiger partial charge on any atom is -0.396 e. The summed E-state index contributed by atoms with van der Waals surface area (Å²) in [4.78, 5) is 6.11. The summed E-state index contributed by atoms with van der Waals surface area (Å²) in [6, 6.07) is 10.8. The average Bonchev–Trinajstić information content (AvgIpc) is 2.58. The lowest BCUT2D eigenvalue weighted by atomic mass is 9.74. The summed E-state index contributed by atoms with van der Waals surface area (Å²) in [5, 5.41) is 10.6. The molecule has 0 saturated carbocycles. The Kier molecular flexibility index (Phi) is 4.83. The van der Waals surface area contributed by atoms with Crippen LogP contribution in [0.25, 0.3) is 0 Å². The molecule has 1 aliphatic rings. The quantitative estimate of drug-likeness (QED) is 0.926. The van der Waals surface area contributed by atoms with Crippen molar-refractivity contribution in [3.8, 4) is 0 Å². The average molecular weight is 335 g/mol. The summed E-state index contributed by atoms with van der Waals surface area (Å²) in [6.45, 7) is 1.53. The molecule has 5 heteroatoms. The van der Waals surface area contributed by atoms with Gasteiger partial charge in [-0.2, -0.15) is 0 Å². The highest BCUT2D eigenvalue weighted by Crippen LogP contribution is 2.36. The molecular formula is C18H20ClFN2O. The van der Waals surface area contributed by atoms with E-state index in [1.54, 1.807) is 12.3 Å². The summed E-state index contributed by atoms with van der Waals surface area (Å²) < 4.78 is 13.9. The van der Waals surface area contributed by atoms with Crippen molar-refractivity contribution in [1.29, 1.82) is 0 Å². The second-order valence-electron chi connectivity index (χ2n) is 6.26.